The van der Waals surface area contributed by atoms with Gasteiger partial charge in [-0.1, -0.05) is 6.07 Å². The number of nitrogens with zero attached hydrogens (tertiary/aromatic N) is 1. The van der Waals surface area contributed by atoms with Crippen molar-refractivity contribution in [3.63, 3.8) is 0 Å². The normalized spacial score (nSPS) is 20.0. The van der Waals surface area contributed by atoms with Gasteiger partial charge in [0.1, 0.15) is 0 Å². The number of aryl methyl sites for hydroxylation is 1. The average molecular weight is 286 g/mol. The molecule has 104 valence electrons. The van der Waals surface area contributed by atoms with Crippen molar-refractivity contribution in [1.82, 2.24) is 0 Å². The molecule has 2 N–H and O–H groups in total. The minimum atomic E-state index is -4.56. The first-order valence-electron chi connectivity index (χ1n) is 5.85. The van der Waals surface area contributed by atoms with Crippen LogP contribution >= 0.6 is 0 Å². The molecule has 1 aromatic rings. The van der Waals surface area contributed by atoms with Gasteiger partial charge in [0, 0.05) is 30.3 Å². The molecule has 1 aromatic carbocycles. The van der Waals surface area contributed by atoms with E-state index < -0.39 is 21.9 Å². The quantitative estimate of drug-likeness (QED) is 0.669. The lowest BCUT2D eigenvalue weighted by atomic mass is 10.1. The largest absolute Gasteiger partial charge is 0.398 e. The van der Waals surface area contributed by atoms with Crippen LogP contribution in [0.3, 0.4) is 0 Å². The Morgan fingerprint density at radius 3 is 2.74 bits per heavy atom. The highest BCUT2D eigenvalue weighted by molar-refractivity contribution is 7.86. The number of hydrogen-bond acceptors (Lipinski definition) is 4. The summed E-state index contributed by atoms with van der Waals surface area (Å²) in [5, 5.41) is 0. The van der Waals surface area contributed by atoms with Crippen molar-refractivity contribution >= 4 is 27.5 Å². The van der Waals surface area contributed by atoms with Gasteiger partial charge in [-0.15, -0.1) is 3.89 Å². The highest BCUT2D eigenvalue weighted by Gasteiger charge is 2.33. The number of nitrogens with two attached hydrogens (primary N) is 1. The summed E-state index contributed by atoms with van der Waals surface area (Å²) in [6.45, 7) is 2.05. The second-order valence-electron chi connectivity index (χ2n) is 4.82. The summed E-state index contributed by atoms with van der Waals surface area (Å²) in [6.07, 6.45) is 0.0386. The number of rotatable bonds is 3. The van der Waals surface area contributed by atoms with E-state index in [0.29, 0.717) is 11.4 Å². The molecule has 1 amide bonds. The average Bonchev–Trinajstić information content (AvgIpc) is 2.61. The highest BCUT2D eigenvalue weighted by atomic mass is 32.3. The summed E-state index contributed by atoms with van der Waals surface area (Å²) >= 11 is 0. The van der Waals surface area contributed by atoms with Gasteiger partial charge in [0.05, 0.1) is 5.75 Å². The molecule has 1 unspecified atom stereocenters. The summed E-state index contributed by atoms with van der Waals surface area (Å²) in [5.41, 5.74) is 7.86. The summed E-state index contributed by atoms with van der Waals surface area (Å²) < 4.78 is 33.9. The monoisotopic (exact) mass is 286 g/mol. The van der Waals surface area contributed by atoms with Gasteiger partial charge < -0.3 is 10.6 Å². The van der Waals surface area contributed by atoms with Gasteiger partial charge in [0.25, 0.3) is 0 Å². The zero-order valence-electron chi connectivity index (χ0n) is 10.5. The maximum Gasteiger partial charge on any atom is 0.302 e. The van der Waals surface area contributed by atoms with Gasteiger partial charge in [-0.3, -0.25) is 4.79 Å². The molecule has 2 rings (SSSR count). The van der Waals surface area contributed by atoms with Crippen LogP contribution in [0.15, 0.2) is 18.2 Å². The predicted octanol–water partition coefficient (Wildman–Crippen LogP) is 1.23. The molecule has 0 aromatic heterocycles. The molecule has 0 saturated carbocycles. The molecule has 1 heterocycles. The fourth-order valence-electron chi connectivity index (χ4n) is 2.22. The van der Waals surface area contributed by atoms with E-state index in [1.54, 1.807) is 18.2 Å². The van der Waals surface area contributed by atoms with Gasteiger partial charge in [0.2, 0.25) is 5.91 Å². The zero-order valence-corrected chi connectivity index (χ0v) is 11.3. The first-order valence-corrected chi connectivity index (χ1v) is 7.40. The summed E-state index contributed by atoms with van der Waals surface area (Å²) in [7, 11) is -4.56. The topological polar surface area (TPSA) is 80.5 Å². The molecular weight excluding hydrogens is 271 g/mol. The third-order valence-corrected chi connectivity index (χ3v) is 4.08. The van der Waals surface area contributed by atoms with Crippen LogP contribution in [0.5, 0.6) is 0 Å². The molecule has 1 atom stereocenters. The third-order valence-electron chi connectivity index (χ3n) is 3.21. The Balaban J connectivity index is 2.18. The van der Waals surface area contributed by atoms with Crippen molar-refractivity contribution in [1.29, 1.82) is 0 Å². The van der Waals surface area contributed by atoms with E-state index in [-0.39, 0.29) is 18.9 Å². The number of nitrogen functional groups attached to an aromatic ring is 1. The van der Waals surface area contributed by atoms with Crippen molar-refractivity contribution in [2.45, 2.75) is 13.3 Å². The van der Waals surface area contributed by atoms with Crippen molar-refractivity contribution in [2.24, 2.45) is 5.92 Å². The van der Waals surface area contributed by atoms with E-state index in [0.717, 1.165) is 5.56 Å². The van der Waals surface area contributed by atoms with Gasteiger partial charge in [0.15, 0.2) is 0 Å². The van der Waals surface area contributed by atoms with E-state index >= 15 is 0 Å². The predicted molar refractivity (Wildman–Crippen MR) is 70.9 cm³/mol. The minimum absolute atomic E-state index is 0.0386. The molecular formula is C12H15FN2O3S. The maximum absolute atomic E-state index is 12.6. The fourth-order valence-corrected chi connectivity index (χ4v) is 3.01. The van der Waals surface area contributed by atoms with E-state index in [4.69, 9.17) is 5.73 Å². The lowest BCUT2D eigenvalue weighted by Gasteiger charge is -2.17. The molecule has 1 saturated heterocycles. The molecule has 19 heavy (non-hydrogen) atoms. The van der Waals surface area contributed by atoms with E-state index in [1.807, 2.05) is 6.92 Å². The maximum atomic E-state index is 12.6. The molecule has 1 fully saturated rings. The number of carbonyl (C=O) groups is 1. The number of amides is 1. The Labute approximate surface area is 111 Å². The van der Waals surface area contributed by atoms with E-state index in [1.165, 1.54) is 4.90 Å². The molecule has 7 heteroatoms. The molecule has 0 spiro atoms. The van der Waals surface area contributed by atoms with Crippen LogP contribution in [-0.2, 0) is 15.0 Å². The third kappa shape index (κ3) is 3.23. The number of benzene rings is 1. The van der Waals surface area contributed by atoms with Gasteiger partial charge >= 0.3 is 10.2 Å². The fraction of sp³-hybridized carbons (Fsp3) is 0.417. The van der Waals surface area contributed by atoms with Crippen LogP contribution in [0.1, 0.15) is 12.0 Å². The van der Waals surface area contributed by atoms with Crippen LogP contribution in [0.25, 0.3) is 0 Å². The molecule has 1 aliphatic rings. The van der Waals surface area contributed by atoms with Crippen molar-refractivity contribution in [3.8, 4) is 0 Å². The Bertz CT molecular complexity index is 615. The first kappa shape index (κ1) is 13.8. The van der Waals surface area contributed by atoms with Crippen LogP contribution in [0, 0.1) is 12.8 Å². The lowest BCUT2D eigenvalue weighted by Crippen LogP contribution is -2.25. The summed E-state index contributed by atoms with van der Waals surface area (Å²) in [6, 6.07) is 5.20. The second-order valence-corrected chi connectivity index (χ2v) is 6.23. The molecule has 0 aliphatic carbocycles. The van der Waals surface area contributed by atoms with Crippen LogP contribution in [0.4, 0.5) is 15.3 Å². The highest BCUT2D eigenvalue weighted by Crippen LogP contribution is 2.28. The minimum Gasteiger partial charge on any atom is -0.398 e. The number of anilines is 2. The SMILES string of the molecule is Cc1ccc(N2CC(CS(=O)(=O)F)CC2=O)cc1N. The second kappa shape index (κ2) is 4.80. The summed E-state index contributed by atoms with van der Waals surface area (Å²) in [4.78, 5) is 13.3. The molecule has 0 radical (unpaired) electrons. The Kier molecular flexibility index (Phi) is 3.49. The van der Waals surface area contributed by atoms with Crippen molar-refractivity contribution in [3.05, 3.63) is 23.8 Å². The Morgan fingerprint density at radius 2 is 2.16 bits per heavy atom. The standard InChI is InChI=1S/C12H15FN2O3S/c1-8-2-3-10(5-11(8)14)15-6-9(4-12(15)16)7-19(13,17)18/h2-3,5,9H,4,6-7,14H2,1H3. The van der Waals surface area contributed by atoms with Crippen LogP contribution in [0.2, 0.25) is 0 Å². The van der Waals surface area contributed by atoms with Crippen molar-refractivity contribution in [2.75, 3.05) is 22.9 Å². The lowest BCUT2D eigenvalue weighted by molar-refractivity contribution is -0.117. The van der Waals surface area contributed by atoms with Gasteiger partial charge in [-0.05, 0) is 24.6 Å². The zero-order chi connectivity index (χ0) is 14.2. The van der Waals surface area contributed by atoms with Crippen LogP contribution in [-0.4, -0.2) is 26.6 Å². The molecule has 5 nitrogen and oxygen atoms in total. The number of hydrogen-bond donors (Lipinski definition) is 1. The van der Waals surface area contributed by atoms with Crippen LogP contribution < -0.4 is 10.6 Å². The van der Waals surface area contributed by atoms with E-state index in [9.17, 15) is 17.1 Å². The van der Waals surface area contributed by atoms with Gasteiger partial charge in [-0.25, -0.2) is 0 Å². The smallest absolute Gasteiger partial charge is 0.302 e. The Morgan fingerprint density at radius 1 is 1.47 bits per heavy atom. The molecule has 0 bridgehead atoms. The number of halogens is 1. The first-order chi connectivity index (χ1) is 8.76. The number of carbonyl (C=O) groups excluding carboxylic acids is 1. The van der Waals surface area contributed by atoms with Crippen molar-refractivity contribution < 1.29 is 17.1 Å². The Hall–Kier alpha value is -1.63. The summed E-state index contributed by atoms with van der Waals surface area (Å²) in [5.74, 6) is -1.33. The van der Waals surface area contributed by atoms with Gasteiger partial charge in [-0.2, -0.15) is 8.42 Å². The molecule has 1 aliphatic heterocycles. The van der Waals surface area contributed by atoms with E-state index in [2.05, 4.69) is 0 Å².